The van der Waals surface area contributed by atoms with Crippen LogP contribution in [0.25, 0.3) is 10.8 Å². The van der Waals surface area contributed by atoms with Gasteiger partial charge in [0.15, 0.2) is 0 Å². The standard InChI is InChI=1S/C29H27FN2O4/c30-26-8-4-2-6-21(26)19-36-28-12-9-20-5-1-3-7-23(20)25(28)18-31-22-10-11-27(24(17-22)29(33)34)32-13-15-35-16-14-32/h1-12,17,31H,13-16,18-19H2,(H,33,34). The lowest BCUT2D eigenvalue weighted by Gasteiger charge is -2.30. The number of hydrogen-bond donors (Lipinski definition) is 2. The van der Waals surface area contributed by atoms with Gasteiger partial charge in [0.2, 0.25) is 0 Å². The molecule has 0 amide bonds. The first-order valence-electron chi connectivity index (χ1n) is 11.9. The highest BCUT2D eigenvalue weighted by Crippen LogP contribution is 2.31. The van der Waals surface area contributed by atoms with E-state index in [9.17, 15) is 14.3 Å². The number of rotatable bonds is 8. The van der Waals surface area contributed by atoms with Crippen LogP contribution in [0.5, 0.6) is 5.75 Å². The Labute approximate surface area is 208 Å². The molecular formula is C29H27FN2O4. The lowest BCUT2D eigenvalue weighted by atomic mass is 10.0. The first-order chi connectivity index (χ1) is 17.6. The van der Waals surface area contributed by atoms with Gasteiger partial charge < -0.3 is 24.8 Å². The molecule has 0 bridgehead atoms. The minimum absolute atomic E-state index is 0.107. The predicted molar refractivity (Wildman–Crippen MR) is 138 cm³/mol. The third-order valence-corrected chi connectivity index (χ3v) is 6.39. The van der Waals surface area contributed by atoms with Crippen molar-refractivity contribution in [3.63, 3.8) is 0 Å². The van der Waals surface area contributed by atoms with Crippen LogP contribution in [0.15, 0.2) is 78.9 Å². The average molecular weight is 487 g/mol. The van der Waals surface area contributed by atoms with E-state index in [1.54, 1.807) is 24.3 Å². The zero-order valence-corrected chi connectivity index (χ0v) is 19.7. The number of carboxylic acid groups (broad SMARTS) is 1. The third-order valence-electron chi connectivity index (χ3n) is 6.39. The molecule has 1 saturated heterocycles. The summed E-state index contributed by atoms with van der Waals surface area (Å²) < 4.78 is 25.6. The van der Waals surface area contributed by atoms with Crippen molar-refractivity contribution < 1.29 is 23.8 Å². The van der Waals surface area contributed by atoms with Crippen molar-refractivity contribution in [2.24, 2.45) is 0 Å². The SMILES string of the molecule is O=C(O)c1cc(NCc2c(OCc3ccccc3F)ccc3ccccc23)ccc1N1CCOCC1. The Hall–Kier alpha value is -4.10. The Balaban J connectivity index is 1.41. The van der Waals surface area contributed by atoms with E-state index in [0.29, 0.717) is 55.5 Å². The molecule has 0 unspecified atom stereocenters. The van der Waals surface area contributed by atoms with Crippen molar-refractivity contribution in [3.8, 4) is 5.75 Å². The number of carboxylic acids is 1. The van der Waals surface area contributed by atoms with E-state index in [1.165, 1.54) is 6.07 Å². The Morgan fingerprint density at radius 1 is 1.00 bits per heavy atom. The van der Waals surface area contributed by atoms with Gasteiger partial charge in [0, 0.05) is 36.4 Å². The summed E-state index contributed by atoms with van der Waals surface area (Å²) in [4.78, 5) is 14.1. The first kappa shape index (κ1) is 23.6. The lowest BCUT2D eigenvalue weighted by Crippen LogP contribution is -2.37. The number of ether oxygens (including phenoxy) is 2. The maximum absolute atomic E-state index is 14.1. The maximum Gasteiger partial charge on any atom is 0.337 e. The molecule has 0 atom stereocenters. The molecule has 7 heteroatoms. The van der Waals surface area contributed by atoms with Crippen molar-refractivity contribution in [2.45, 2.75) is 13.2 Å². The summed E-state index contributed by atoms with van der Waals surface area (Å²) in [5.41, 5.74) is 3.02. The zero-order chi connectivity index (χ0) is 24.9. The van der Waals surface area contributed by atoms with Gasteiger partial charge in [0.1, 0.15) is 18.2 Å². The van der Waals surface area contributed by atoms with E-state index in [-0.39, 0.29) is 18.0 Å². The molecule has 0 radical (unpaired) electrons. The number of fused-ring (bicyclic) bond motifs is 1. The fourth-order valence-electron chi connectivity index (χ4n) is 4.49. The van der Waals surface area contributed by atoms with Crippen LogP contribution in [0.2, 0.25) is 0 Å². The molecule has 1 heterocycles. The molecule has 0 aromatic heterocycles. The fourth-order valence-corrected chi connectivity index (χ4v) is 4.49. The highest BCUT2D eigenvalue weighted by molar-refractivity contribution is 5.96. The fraction of sp³-hybridized carbons (Fsp3) is 0.207. The maximum atomic E-state index is 14.1. The Morgan fingerprint density at radius 3 is 2.58 bits per heavy atom. The smallest absolute Gasteiger partial charge is 0.337 e. The molecule has 4 aromatic rings. The molecule has 1 fully saturated rings. The number of carbonyl (C=O) groups is 1. The van der Waals surface area contributed by atoms with E-state index < -0.39 is 5.97 Å². The van der Waals surface area contributed by atoms with Gasteiger partial charge in [0.25, 0.3) is 0 Å². The summed E-state index contributed by atoms with van der Waals surface area (Å²) in [6.45, 7) is 2.99. The quantitative estimate of drug-likeness (QED) is 0.333. The van der Waals surface area contributed by atoms with E-state index in [1.807, 2.05) is 53.4 Å². The molecule has 0 spiro atoms. The Kier molecular flexibility index (Phi) is 7.00. The van der Waals surface area contributed by atoms with E-state index in [0.717, 1.165) is 16.3 Å². The second kappa shape index (κ2) is 10.7. The highest BCUT2D eigenvalue weighted by atomic mass is 19.1. The minimum atomic E-state index is -0.973. The number of nitrogens with zero attached hydrogens (tertiary/aromatic N) is 1. The van der Waals surface area contributed by atoms with Crippen molar-refractivity contribution in [2.75, 3.05) is 36.5 Å². The van der Waals surface area contributed by atoms with Gasteiger partial charge in [-0.3, -0.25) is 0 Å². The van der Waals surface area contributed by atoms with E-state index in [2.05, 4.69) is 5.32 Å². The third kappa shape index (κ3) is 5.11. The van der Waals surface area contributed by atoms with Crippen LogP contribution in [0.3, 0.4) is 0 Å². The molecule has 6 nitrogen and oxygen atoms in total. The van der Waals surface area contributed by atoms with E-state index in [4.69, 9.17) is 9.47 Å². The van der Waals surface area contributed by atoms with Crippen LogP contribution in [0.1, 0.15) is 21.5 Å². The molecule has 1 aliphatic rings. The second-order valence-electron chi connectivity index (χ2n) is 8.63. The topological polar surface area (TPSA) is 71.0 Å². The molecule has 5 rings (SSSR count). The van der Waals surface area contributed by atoms with Gasteiger partial charge in [-0.05, 0) is 41.1 Å². The molecule has 184 valence electrons. The normalized spacial score (nSPS) is 13.5. The summed E-state index contributed by atoms with van der Waals surface area (Å²) in [5.74, 6) is -0.633. The number of aromatic carboxylic acids is 1. The summed E-state index contributed by atoms with van der Waals surface area (Å²) in [6.07, 6.45) is 0. The van der Waals surface area contributed by atoms with Gasteiger partial charge in [-0.2, -0.15) is 0 Å². The van der Waals surface area contributed by atoms with Crippen LogP contribution >= 0.6 is 0 Å². The largest absolute Gasteiger partial charge is 0.488 e. The van der Waals surface area contributed by atoms with Crippen molar-refractivity contribution >= 4 is 28.1 Å². The first-order valence-corrected chi connectivity index (χ1v) is 11.9. The van der Waals surface area contributed by atoms with Gasteiger partial charge in [-0.1, -0.05) is 48.5 Å². The van der Waals surface area contributed by atoms with E-state index >= 15 is 0 Å². The molecule has 36 heavy (non-hydrogen) atoms. The summed E-state index contributed by atoms with van der Waals surface area (Å²) >= 11 is 0. The molecule has 1 aliphatic heterocycles. The number of morpholine rings is 1. The van der Waals surface area contributed by atoms with Crippen molar-refractivity contribution in [1.82, 2.24) is 0 Å². The summed E-state index contributed by atoms with van der Waals surface area (Å²) in [6, 6.07) is 23.8. The minimum Gasteiger partial charge on any atom is -0.488 e. The average Bonchev–Trinajstić information content (AvgIpc) is 2.92. The van der Waals surface area contributed by atoms with Gasteiger partial charge in [-0.15, -0.1) is 0 Å². The van der Waals surface area contributed by atoms with Crippen molar-refractivity contribution in [3.05, 3.63) is 101 Å². The van der Waals surface area contributed by atoms with Crippen LogP contribution in [0.4, 0.5) is 15.8 Å². The Morgan fingerprint density at radius 2 is 1.78 bits per heavy atom. The number of benzene rings is 4. The second-order valence-corrected chi connectivity index (χ2v) is 8.63. The number of nitrogens with one attached hydrogen (secondary N) is 1. The zero-order valence-electron chi connectivity index (χ0n) is 19.7. The monoisotopic (exact) mass is 486 g/mol. The molecule has 0 saturated carbocycles. The van der Waals surface area contributed by atoms with Gasteiger partial charge in [0.05, 0.1) is 24.5 Å². The number of anilines is 2. The predicted octanol–water partition coefficient (Wildman–Crippen LogP) is 5.70. The molecule has 4 aromatic carbocycles. The highest BCUT2D eigenvalue weighted by Gasteiger charge is 2.19. The number of halogens is 1. The van der Waals surface area contributed by atoms with Crippen LogP contribution < -0.4 is 15.0 Å². The Bertz CT molecular complexity index is 1390. The van der Waals surface area contributed by atoms with Crippen LogP contribution in [0, 0.1) is 5.82 Å². The molecular weight excluding hydrogens is 459 g/mol. The lowest BCUT2D eigenvalue weighted by molar-refractivity contribution is 0.0696. The molecule has 0 aliphatic carbocycles. The summed E-state index contributed by atoms with van der Waals surface area (Å²) in [5, 5.41) is 15.3. The number of hydrogen-bond acceptors (Lipinski definition) is 5. The van der Waals surface area contributed by atoms with Gasteiger partial charge >= 0.3 is 5.97 Å². The van der Waals surface area contributed by atoms with Crippen LogP contribution in [-0.4, -0.2) is 37.4 Å². The van der Waals surface area contributed by atoms with Gasteiger partial charge in [-0.25, -0.2) is 9.18 Å². The van der Waals surface area contributed by atoms with Crippen molar-refractivity contribution in [1.29, 1.82) is 0 Å². The van der Waals surface area contributed by atoms with Crippen LogP contribution in [-0.2, 0) is 17.9 Å². The molecule has 2 N–H and O–H groups in total. The summed E-state index contributed by atoms with van der Waals surface area (Å²) in [7, 11) is 0.